The van der Waals surface area contributed by atoms with Crippen molar-refractivity contribution in [2.75, 3.05) is 12.4 Å². The molecular weight excluding hydrogens is 531 g/mol. The van der Waals surface area contributed by atoms with Gasteiger partial charge in [0.05, 0.1) is 17.9 Å². The Labute approximate surface area is 226 Å². The zero-order valence-corrected chi connectivity index (χ0v) is 21.2. The minimum atomic E-state index is -4.54. The van der Waals surface area contributed by atoms with Crippen molar-refractivity contribution in [1.29, 1.82) is 0 Å². The number of anilines is 1. The number of nitrogens with two attached hydrogens (primary N) is 1. The molecule has 0 saturated carbocycles. The molecule has 0 aliphatic carbocycles. The van der Waals surface area contributed by atoms with E-state index in [0.717, 1.165) is 17.7 Å². The van der Waals surface area contributed by atoms with Gasteiger partial charge in [0.1, 0.15) is 24.8 Å². The molecular formula is C26H26F3N7O4. The number of aliphatic hydroxyl groups excluding tert-OH is 1. The van der Waals surface area contributed by atoms with Crippen LogP contribution >= 0.6 is 0 Å². The number of amides is 1. The number of aromatic nitrogens is 4. The third kappa shape index (κ3) is 5.41. The summed E-state index contributed by atoms with van der Waals surface area (Å²) >= 11 is 0. The van der Waals surface area contributed by atoms with E-state index in [0.29, 0.717) is 0 Å². The number of nitrogens with zero attached hydrogens (tertiary/aromatic N) is 4. The second-order valence-electron chi connectivity index (χ2n) is 9.12. The van der Waals surface area contributed by atoms with Crippen molar-refractivity contribution in [1.82, 2.24) is 24.8 Å². The minimum absolute atomic E-state index is 0.0702. The number of carbonyl (C=O) groups is 1. The van der Waals surface area contributed by atoms with Gasteiger partial charge in [0, 0.05) is 19.2 Å². The van der Waals surface area contributed by atoms with Crippen LogP contribution in [0.3, 0.4) is 0 Å². The number of aliphatic hydroxyl groups is 1. The highest BCUT2D eigenvalue weighted by molar-refractivity contribution is 5.83. The lowest BCUT2D eigenvalue weighted by Gasteiger charge is -2.17. The highest BCUT2D eigenvalue weighted by Crippen LogP contribution is 2.34. The number of rotatable bonds is 8. The van der Waals surface area contributed by atoms with Gasteiger partial charge in [-0.25, -0.2) is 15.0 Å². The van der Waals surface area contributed by atoms with Crippen LogP contribution in [0.25, 0.3) is 11.2 Å². The van der Waals surface area contributed by atoms with Crippen LogP contribution in [0.1, 0.15) is 22.9 Å². The van der Waals surface area contributed by atoms with Gasteiger partial charge in [-0.1, -0.05) is 30.3 Å². The molecule has 3 heterocycles. The number of nitrogens with one attached hydrogen (secondary N) is 2. The van der Waals surface area contributed by atoms with Crippen molar-refractivity contribution < 1.29 is 32.5 Å². The maximum absolute atomic E-state index is 13.5. The zero-order valence-electron chi connectivity index (χ0n) is 21.2. The Bertz CT molecular complexity index is 1500. The minimum Gasteiger partial charge on any atom is -0.489 e. The fourth-order valence-electron chi connectivity index (χ4n) is 4.42. The van der Waals surface area contributed by atoms with Gasteiger partial charge in [-0.15, -0.1) is 0 Å². The van der Waals surface area contributed by atoms with Gasteiger partial charge in [0.25, 0.3) is 5.91 Å². The number of likely N-dealkylation sites (N-methyl/N-ethyl adjacent to an activating group) is 1. The number of hydrogen-bond acceptors (Lipinski definition) is 9. The fraction of sp³-hybridized carbons (Fsp3) is 0.308. The topological polar surface area (TPSA) is 149 Å². The molecule has 210 valence electrons. The number of alkyl halides is 3. The average Bonchev–Trinajstić information content (AvgIpc) is 3.51. The smallest absolute Gasteiger partial charge is 0.416 e. The SMILES string of the molecule is CNC(=O)[C@H]1O[C@@H](n2cnc3c(NCc4cc(C(F)(F)F)ccc4OCc4ccccc4)ncnc32)[C@H](O)[C@@H]1N. The van der Waals surface area contributed by atoms with E-state index >= 15 is 0 Å². The Hall–Kier alpha value is -4.27. The Balaban J connectivity index is 1.40. The number of halogens is 3. The molecule has 4 atom stereocenters. The number of carbonyl (C=O) groups excluding carboxylic acids is 1. The summed E-state index contributed by atoms with van der Waals surface area (Å²) in [6.45, 7) is 0.101. The van der Waals surface area contributed by atoms with Crippen LogP contribution < -0.4 is 21.1 Å². The van der Waals surface area contributed by atoms with Crippen molar-refractivity contribution in [3.05, 3.63) is 77.9 Å². The van der Waals surface area contributed by atoms with Crippen molar-refractivity contribution in [3.63, 3.8) is 0 Å². The second kappa shape index (κ2) is 11.1. The van der Waals surface area contributed by atoms with E-state index in [9.17, 15) is 23.1 Å². The molecule has 1 saturated heterocycles. The fourth-order valence-corrected chi connectivity index (χ4v) is 4.42. The van der Waals surface area contributed by atoms with Gasteiger partial charge in [-0.05, 0) is 23.8 Å². The Kier molecular flexibility index (Phi) is 7.56. The van der Waals surface area contributed by atoms with E-state index in [-0.39, 0.29) is 41.4 Å². The molecule has 0 bridgehead atoms. The summed E-state index contributed by atoms with van der Waals surface area (Å²) in [5.41, 5.74) is 6.82. The van der Waals surface area contributed by atoms with E-state index in [1.54, 1.807) is 0 Å². The number of benzene rings is 2. The van der Waals surface area contributed by atoms with Gasteiger partial charge in [0.15, 0.2) is 29.3 Å². The molecule has 2 aromatic heterocycles. The summed E-state index contributed by atoms with van der Waals surface area (Å²) in [5.74, 6) is 0.0218. The number of fused-ring (bicyclic) bond motifs is 1. The number of hydrogen-bond donors (Lipinski definition) is 4. The van der Waals surface area contributed by atoms with Gasteiger partial charge in [-0.2, -0.15) is 13.2 Å². The molecule has 0 spiro atoms. The highest BCUT2D eigenvalue weighted by atomic mass is 19.4. The maximum atomic E-state index is 13.5. The lowest BCUT2D eigenvalue weighted by atomic mass is 10.1. The molecule has 11 nitrogen and oxygen atoms in total. The summed E-state index contributed by atoms with van der Waals surface area (Å²) < 4.78 is 53.4. The largest absolute Gasteiger partial charge is 0.489 e. The van der Waals surface area contributed by atoms with Crippen LogP contribution in [0.4, 0.5) is 19.0 Å². The van der Waals surface area contributed by atoms with Gasteiger partial charge < -0.3 is 30.9 Å². The molecule has 5 rings (SSSR count). The Morgan fingerprint density at radius 1 is 1.18 bits per heavy atom. The molecule has 1 amide bonds. The third-order valence-corrected chi connectivity index (χ3v) is 6.53. The second-order valence-corrected chi connectivity index (χ2v) is 9.12. The van der Waals surface area contributed by atoms with Crippen LogP contribution in [-0.4, -0.2) is 55.8 Å². The average molecular weight is 558 g/mol. The lowest BCUT2D eigenvalue weighted by molar-refractivity contribution is -0.137. The summed E-state index contributed by atoms with van der Waals surface area (Å²) in [6.07, 6.45) is -5.32. The first kappa shape index (κ1) is 27.3. The summed E-state index contributed by atoms with van der Waals surface area (Å²) in [4.78, 5) is 24.8. The van der Waals surface area contributed by atoms with Gasteiger partial charge >= 0.3 is 6.18 Å². The Morgan fingerprint density at radius 2 is 1.95 bits per heavy atom. The lowest BCUT2D eigenvalue weighted by Crippen LogP contribution is -2.46. The van der Waals surface area contributed by atoms with Crippen molar-refractivity contribution in [2.45, 2.75) is 43.8 Å². The normalized spacial score (nSPS) is 20.9. The van der Waals surface area contributed by atoms with E-state index in [1.807, 2.05) is 30.3 Å². The highest BCUT2D eigenvalue weighted by Gasteiger charge is 2.46. The molecule has 4 aromatic rings. The van der Waals surface area contributed by atoms with E-state index in [1.165, 1.54) is 30.3 Å². The van der Waals surface area contributed by atoms with Crippen molar-refractivity contribution in [2.24, 2.45) is 5.73 Å². The van der Waals surface area contributed by atoms with E-state index < -0.39 is 42.1 Å². The molecule has 1 aliphatic rings. The maximum Gasteiger partial charge on any atom is 0.416 e. The molecule has 0 unspecified atom stereocenters. The predicted octanol–water partition coefficient (Wildman–Crippen LogP) is 2.37. The molecule has 40 heavy (non-hydrogen) atoms. The first-order chi connectivity index (χ1) is 19.2. The number of imidazole rings is 1. The Morgan fingerprint density at radius 3 is 2.67 bits per heavy atom. The van der Waals surface area contributed by atoms with Crippen molar-refractivity contribution in [3.8, 4) is 5.75 Å². The molecule has 2 aromatic carbocycles. The first-order valence-electron chi connectivity index (χ1n) is 12.3. The zero-order chi connectivity index (χ0) is 28.4. The summed E-state index contributed by atoms with van der Waals surface area (Å²) in [5, 5.41) is 16.1. The van der Waals surface area contributed by atoms with Gasteiger partial charge in [0.2, 0.25) is 0 Å². The standard InChI is InChI=1S/C26H26F3N7O4/c1-31-24(38)21-18(30)20(37)25(40-21)36-13-35-19-22(33-12-34-23(19)36)32-10-15-9-16(26(27,28)29)7-8-17(15)39-11-14-5-3-2-4-6-14/h2-9,12-13,18,20-21,25,37H,10-11,30H2,1H3,(H,31,38)(H,32,33,34)/t18-,20+,21-,25+/m0/s1. The van der Waals surface area contributed by atoms with Crippen LogP contribution in [0.5, 0.6) is 5.75 Å². The quantitative estimate of drug-likeness (QED) is 0.256. The van der Waals surface area contributed by atoms with Crippen LogP contribution in [-0.2, 0) is 28.9 Å². The molecule has 5 N–H and O–H groups in total. The summed E-state index contributed by atoms with van der Waals surface area (Å²) in [7, 11) is 1.43. The van der Waals surface area contributed by atoms with E-state index in [2.05, 4.69) is 25.6 Å². The molecule has 1 fully saturated rings. The molecule has 1 aliphatic heterocycles. The van der Waals surface area contributed by atoms with Crippen LogP contribution in [0.15, 0.2) is 61.2 Å². The first-order valence-corrected chi connectivity index (χ1v) is 12.3. The van der Waals surface area contributed by atoms with Crippen LogP contribution in [0.2, 0.25) is 0 Å². The summed E-state index contributed by atoms with van der Waals surface area (Å²) in [6, 6.07) is 11.5. The monoisotopic (exact) mass is 557 g/mol. The molecule has 14 heteroatoms. The van der Waals surface area contributed by atoms with Crippen LogP contribution in [0, 0.1) is 0 Å². The van der Waals surface area contributed by atoms with Gasteiger partial charge in [-0.3, -0.25) is 9.36 Å². The van der Waals surface area contributed by atoms with Crippen molar-refractivity contribution >= 4 is 22.9 Å². The number of ether oxygens (including phenoxy) is 2. The molecule has 0 radical (unpaired) electrons. The third-order valence-electron chi connectivity index (χ3n) is 6.53. The van der Waals surface area contributed by atoms with E-state index in [4.69, 9.17) is 15.2 Å². The predicted molar refractivity (Wildman–Crippen MR) is 137 cm³/mol.